The van der Waals surface area contributed by atoms with Crippen LogP contribution in [0.4, 0.5) is 26.3 Å². The first-order valence-corrected chi connectivity index (χ1v) is 11.4. The smallest absolute Gasteiger partial charge is 0.475 e. The van der Waals surface area contributed by atoms with E-state index in [1.165, 1.54) is 5.56 Å². The van der Waals surface area contributed by atoms with Gasteiger partial charge in [-0.3, -0.25) is 9.69 Å². The second kappa shape index (κ2) is 13.8. The molecule has 3 rings (SSSR count). The standard InChI is InChI=1S/C16H25N3O2S.2C2HF3O2/c1-18(2)7-5-17-16(20)15-9-13-14(21-15)3-6-19(13)10-12-4-8-22-11-12;2*3-2(4,5)1(6)7/h4,8,11,13-15H,3,5-7,9-10H2,1-2H3,(H,17,20);2*(H,6,7)/t13-,14-,15+;;/m0../s1. The zero-order valence-corrected chi connectivity index (χ0v) is 20.1. The van der Waals surface area contributed by atoms with E-state index in [2.05, 4.69) is 31.9 Å². The van der Waals surface area contributed by atoms with E-state index in [-0.39, 0.29) is 18.1 Å². The SMILES string of the molecule is CN(C)CCNC(=O)[C@H]1C[C@H]2[C@H](CCN2Cc2ccsc2)O1.O=C(O)C(F)(F)F.O=C(O)C(F)(F)F. The van der Waals surface area contributed by atoms with Gasteiger partial charge in [-0.1, -0.05) is 0 Å². The number of likely N-dealkylation sites (N-methyl/N-ethyl adjacent to an activating group) is 1. The van der Waals surface area contributed by atoms with E-state index in [0.717, 1.165) is 32.5 Å². The highest BCUT2D eigenvalue weighted by Crippen LogP contribution is 2.34. The number of hydrogen-bond acceptors (Lipinski definition) is 7. The zero-order chi connectivity index (χ0) is 27.7. The molecule has 0 radical (unpaired) electrons. The lowest BCUT2D eigenvalue weighted by molar-refractivity contribution is -0.193. The molecule has 206 valence electrons. The first kappa shape index (κ1) is 31.6. The molecule has 1 amide bonds. The number of nitrogens with zero attached hydrogens (tertiary/aromatic N) is 2. The maximum absolute atomic E-state index is 12.2. The Morgan fingerprint density at radius 1 is 1.14 bits per heavy atom. The summed E-state index contributed by atoms with van der Waals surface area (Å²) in [6.45, 7) is 3.58. The minimum Gasteiger partial charge on any atom is -0.475 e. The molecular weight excluding hydrogens is 524 g/mol. The molecule has 3 N–H and O–H groups in total. The number of carbonyl (C=O) groups is 3. The van der Waals surface area contributed by atoms with Gasteiger partial charge in [-0.2, -0.15) is 37.7 Å². The van der Waals surface area contributed by atoms with Gasteiger partial charge in [0, 0.05) is 38.6 Å². The number of carboxylic acids is 2. The van der Waals surface area contributed by atoms with E-state index in [1.54, 1.807) is 11.3 Å². The molecule has 0 aliphatic carbocycles. The van der Waals surface area contributed by atoms with Crippen LogP contribution < -0.4 is 5.32 Å². The van der Waals surface area contributed by atoms with Crippen molar-refractivity contribution in [1.29, 1.82) is 0 Å². The predicted octanol–water partition coefficient (Wildman–Crippen LogP) is 2.42. The highest BCUT2D eigenvalue weighted by atomic mass is 32.1. The van der Waals surface area contributed by atoms with Gasteiger partial charge in [-0.15, -0.1) is 0 Å². The van der Waals surface area contributed by atoms with Crippen LogP contribution in [0, 0.1) is 0 Å². The third-order valence-corrected chi connectivity index (χ3v) is 5.73. The summed E-state index contributed by atoms with van der Waals surface area (Å²) in [5.41, 5.74) is 1.37. The van der Waals surface area contributed by atoms with Crippen LogP contribution >= 0.6 is 11.3 Å². The summed E-state index contributed by atoms with van der Waals surface area (Å²) in [5.74, 6) is -5.47. The zero-order valence-electron chi connectivity index (χ0n) is 19.3. The number of halogens is 6. The molecule has 0 saturated carbocycles. The van der Waals surface area contributed by atoms with Gasteiger partial charge >= 0.3 is 24.3 Å². The van der Waals surface area contributed by atoms with Gasteiger partial charge in [-0.25, -0.2) is 9.59 Å². The molecule has 0 bridgehead atoms. The molecule has 2 fully saturated rings. The van der Waals surface area contributed by atoms with Crippen LogP contribution in [0.1, 0.15) is 18.4 Å². The minimum atomic E-state index is -5.08. The van der Waals surface area contributed by atoms with Crippen LogP contribution in [0.5, 0.6) is 0 Å². The van der Waals surface area contributed by atoms with Crippen molar-refractivity contribution < 1.29 is 55.7 Å². The van der Waals surface area contributed by atoms with Gasteiger partial charge in [0.2, 0.25) is 5.91 Å². The molecule has 16 heteroatoms. The number of alkyl halides is 6. The quantitative estimate of drug-likeness (QED) is 0.462. The molecule has 1 aromatic heterocycles. The van der Waals surface area contributed by atoms with Crippen molar-refractivity contribution in [2.24, 2.45) is 0 Å². The molecule has 3 heterocycles. The molecule has 2 saturated heterocycles. The van der Waals surface area contributed by atoms with Crippen molar-refractivity contribution in [3.8, 4) is 0 Å². The fourth-order valence-corrected chi connectivity index (χ4v) is 3.99. The second-order valence-corrected chi connectivity index (χ2v) is 8.84. The van der Waals surface area contributed by atoms with Crippen molar-refractivity contribution in [2.75, 3.05) is 33.7 Å². The average molecular weight is 552 g/mol. The predicted molar refractivity (Wildman–Crippen MR) is 115 cm³/mol. The van der Waals surface area contributed by atoms with E-state index < -0.39 is 24.3 Å². The molecule has 2 aliphatic rings. The van der Waals surface area contributed by atoms with Crippen molar-refractivity contribution in [3.63, 3.8) is 0 Å². The van der Waals surface area contributed by atoms with E-state index in [4.69, 9.17) is 24.5 Å². The van der Waals surface area contributed by atoms with Crippen molar-refractivity contribution in [3.05, 3.63) is 22.4 Å². The van der Waals surface area contributed by atoms with E-state index in [1.807, 2.05) is 14.1 Å². The maximum Gasteiger partial charge on any atom is 0.490 e. The Labute approximate surface area is 206 Å². The number of fused-ring (bicyclic) bond motifs is 1. The summed E-state index contributed by atoms with van der Waals surface area (Å²) in [7, 11) is 4.01. The second-order valence-electron chi connectivity index (χ2n) is 8.06. The number of hydrogen-bond donors (Lipinski definition) is 3. The number of thiophene rings is 1. The minimum absolute atomic E-state index is 0.0479. The Bertz CT molecular complexity index is 826. The lowest BCUT2D eigenvalue weighted by atomic mass is 10.1. The van der Waals surface area contributed by atoms with E-state index in [0.29, 0.717) is 12.6 Å². The monoisotopic (exact) mass is 551 g/mol. The van der Waals surface area contributed by atoms with Crippen LogP contribution in [0.25, 0.3) is 0 Å². The normalized spacial score (nSPS) is 21.6. The Morgan fingerprint density at radius 3 is 2.14 bits per heavy atom. The van der Waals surface area contributed by atoms with Gasteiger partial charge in [0.15, 0.2) is 0 Å². The Hall–Kier alpha value is -2.43. The van der Waals surface area contributed by atoms with Crippen molar-refractivity contribution in [2.45, 2.75) is 50.0 Å². The molecule has 36 heavy (non-hydrogen) atoms. The molecule has 0 spiro atoms. The lowest BCUT2D eigenvalue weighted by Crippen LogP contribution is -2.39. The summed E-state index contributed by atoms with van der Waals surface area (Å²) in [6.07, 6.45) is -8.36. The first-order valence-electron chi connectivity index (χ1n) is 10.5. The molecule has 1 aromatic rings. The number of nitrogens with one attached hydrogen (secondary N) is 1. The summed E-state index contributed by atoms with van der Waals surface area (Å²) >= 11 is 1.74. The largest absolute Gasteiger partial charge is 0.490 e. The number of amides is 1. The number of carbonyl (C=O) groups excluding carboxylic acids is 1. The van der Waals surface area contributed by atoms with Gasteiger partial charge in [0.1, 0.15) is 6.10 Å². The fourth-order valence-electron chi connectivity index (χ4n) is 3.33. The molecule has 3 atom stereocenters. The third kappa shape index (κ3) is 11.1. The number of carboxylic acid groups (broad SMARTS) is 2. The van der Waals surface area contributed by atoms with Gasteiger partial charge in [-0.05, 0) is 42.9 Å². The molecule has 0 aromatic carbocycles. The van der Waals surface area contributed by atoms with Crippen molar-refractivity contribution >= 4 is 29.2 Å². The number of likely N-dealkylation sites (tertiary alicyclic amines) is 1. The van der Waals surface area contributed by atoms with Crippen LogP contribution in [0.2, 0.25) is 0 Å². The first-order chi connectivity index (χ1) is 16.5. The lowest BCUT2D eigenvalue weighted by Gasteiger charge is -2.22. The van der Waals surface area contributed by atoms with Gasteiger partial charge < -0.3 is 25.2 Å². The van der Waals surface area contributed by atoms with Crippen LogP contribution in [-0.2, 0) is 25.7 Å². The summed E-state index contributed by atoms with van der Waals surface area (Å²) in [5, 5.41) is 21.6. The fraction of sp³-hybridized carbons (Fsp3) is 0.650. The molecule has 9 nitrogen and oxygen atoms in total. The highest BCUT2D eigenvalue weighted by Gasteiger charge is 2.45. The maximum atomic E-state index is 12.2. The topological polar surface area (TPSA) is 119 Å². The van der Waals surface area contributed by atoms with Crippen LogP contribution in [0.15, 0.2) is 16.8 Å². The third-order valence-electron chi connectivity index (χ3n) is 5.00. The molecule has 0 unspecified atom stereocenters. The summed E-state index contributed by atoms with van der Waals surface area (Å²) < 4.78 is 69.5. The van der Waals surface area contributed by atoms with Gasteiger partial charge in [0.25, 0.3) is 0 Å². The molecule has 2 aliphatic heterocycles. The van der Waals surface area contributed by atoms with Gasteiger partial charge in [0.05, 0.1) is 6.10 Å². The number of rotatable bonds is 6. The Morgan fingerprint density at radius 2 is 1.69 bits per heavy atom. The van der Waals surface area contributed by atoms with E-state index >= 15 is 0 Å². The summed E-state index contributed by atoms with van der Waals surface area (Å²) in [6, 6.07) is 2.57. The summed E-state index contributed by atoms with van der Waals surface area (Å²) in [4.78, 5) is 34.5. The highest BCUT2D eigenvalue weighted by molar-refractivity contribution is 7.07. The number of aliphatic carboxylic acids is 2. The number of ether oxygens (including phenoxy) is 1. The Balaban J connectivity index is 0.000000383. The average Bonchev–Trinajstić information content (AvgIpc) is 3.46. The molecular formula is C20H27F6N3O6S. The van der Waals surface area contributed by atoms with Crippen molar-refractivity contribution in [1.82, 2.24) is 15.1 Å². The van der Waals surface area contributed by atoms with Crippen LogP contribution in [-0.4, -0.2) is 102 Å². The Kier molecular flexibility index (Phi) is 12.1. The van der Waals surface area contributed by atoms with E-state index in [9.17, 15) is 31.1 Å². The van der Waals surface area contributed by atoms with Crippen LogP contribution in [0.3, 0.4) is 0 Å².